The SMILES string of the molecule is COc1cc([N+](=O)[O-])ccc1NC(=S)Nc1cnn(Cc2c(F)cccc2Cl)c1. The summed E-state index contributed by atoms with van der Waals surface area (Å²) in [6.07, 6.45) is 3.17. The second kappa shape index (κ2) is 8.84. The number of halogens is 2. The fourth-order valence-corrected chi connectivity index (χ4v) is 2.99. The first kappa shape index (κ1) is 20.5. The van der Waals surface area contributed by atoms with Crippen LogP contribution in [0.15, 0.2) is 48.8 Å². The Labute approximate surface area is 175 Å². The first-order chi connectivity index (χ1) is 13.9. The van der Waals surface area contributed by atoms with Crippen LogP contribution in [-0.4, -0.2) is 26.9 Å². The predicted molar refractivity (Wildman–Crippen MR) is 112 cm³/mol. The van der Waals surface area contributed by atoms with Gasteiger partial charge < -0.3 is 15.4 Å². The molecule has 0 fully saturated rings. The molecule has 0 spiro atoms. The van der Waals surface area contributed by atoms with E-state index in [2.05, 4.69) is 15.7 Å². The Morgan fingerprint density at radius 1 is 1.38 bits per heavy atom. The Balaban J connectivity index is 1.67. The van der Waals surface area contributed by atoms with Crippen molar-refractivity contribution in [2.45, 2.75) is 6.54 Å². The third-order valence-electron chi connectivity index (χ3n) is 3.92. The standard InChI is InChI=1S/C18H15ClFN5O3S/c1-28-17-7-12(25(26)27)5-6-16(17)23-18(29)22-11-8-21-24(9-11)10-13-14(19)3-2-4-15(13)20/h2-9H,10H2,1H3,(H2,22,23,29). The smallest absolute Gasteiger partial charge is 0.273 e. The molecule has 0 bridgehead atoms. The van der Waals surface area contributed by atoms with Gasteiger partial charge in [0.2, 0.25) is 0 Å². The van der Waals surface area contributed by atoms with Gasteiger partial charge in [0.05, 0.1) is 42.2 Å². The van der Waals surface area contributed by atoms with Gasteiger partial charge in [-0.3, -0.25) is 14.8 Å². The van der Waals surface area contributed by atoms with Crippen LogP contribution < -0.4 is 15.4 Å². The zero-order chi connectivity index (χ0) is 21.0. The summed E-state index contributed by atoms with van der Waals surface area (Å²) >= 11 is 11.3. The van der Waals surface area contributed by atoms with Crippen LogP contribution in [0.4, 0.5) is 21.5 Å². The van der Waals surface area contributed by atoms with Crippen molar-refractivity contribution in [1.82, 2.24) is 9.78 Å². The van der Waals surface area contributed by atoms with Gasteiger partial charge in [-0.05, 0) is 30.4 Å². The van der Waals surface area contributed by atoms with Gasteiger partial charge in [0.1, 0.15) is 11.6 Å². The molecule has 3 aromatic rings. The first-order valence-electron chi connectivity index (χ1n) is 8.23. The summed E-state index contributed by atoms with van der Waals surface area (Å²) in [5, 5.41) is 21.4. The molecule has 3 rings (SSSR count). The Morgan fingerprint density at radius 2 is 2.17 bits per heavy atom. The van der Waals surface area contributed by atoms with E-state index in [0.29, 0.717) is 22.0 Å². The van der Waals surface area contributed by atoms with Crippen LogP contribution in [0.1, 0.15) is 5.56 Å². The highest BCUT2D eigenvalue weighted by Gasteiger charge is 2.13. The summed E-state index contributed by atoms with van der Waals surface area (Å²) in [6.45, 7) is 0.156. The summed E-state index contributed by atoms with van der Waals surface area (Å²) in [6, 6.07) is 8.60. The van der Waals surface area contributed by atoms with Crippen molar-refractivity contribution in [3.63, 3.8) is 0 Å². The minimum Gasteiger partial charge on any atom is -0.494 e. The number of methoxy groups -OCH3 is 1. The molecular formula is C18H15ClFN5O3S. The second-order valence-corrected chi connectivity index (χ2v) is 6.66. The van der Waals surface area contributed by atoms with Gasteiger partial charge >= 0.3 is 0 Å². The molecule has 0 aliphatic heterocycles. The molecule has 29 heavy (non-hydrogen) atoms. The molecule has 1 aromatic heterocycles. The average molecular weight is 436 g/mol. The molecule has 2 aromatic carbocycles. The molecule has 2 N–H and O–H groups in total. The van der Waals surface area contributed by atoms with E-state index in [1.807, 2.05) is 0 Å². The number of thiocarbonyl (C=S) groups is 1. The van der Waals surface area contributed by atoms with E-state index in [1.54, 1.807) is 12.3 Å². The van der Waals surface area contributed by atoms with E-state index in [1.165, 1.54) is 48.3 Å². The molecule has 0 radical (unpaired) electrons. The predicted octanol–water partition coefficient (Wildman–Crippen LogP) is 4.45. The van der Waals surface area contributed by atoms with Gasteiger partial charge in [-0.1, -0.05) is 17.7 Å². The van der Waals surface area contributed by atoms with Crippen LogP contribution in [0.25, 0.3) is 0 Å². The fourth-order valence-electron chi connectivity index (χ4n) is 2.54. The van der Waals surface area contributed by atoms with Gasteiger partial charge in [-0.2, -0.15) is 5.10 Å². The molecule has 0 aliphatic rings. The van der Waals surface area contributed by atoms with Crippen molar-refractivity contribution in [3.05, 3.63) is 75.3 Å². The first-order valence-corrected chi connectivity index (χ1v) is 9.02. The van der Waals surface area contributed by atoms with Gasteiger partial charge in [0, 0.05) is 22.8 Å². The number of nitro benzene ring substituents is 1. The fraction of sp³-hybridized carbons (Fsp3) is 0.111. The van der Waals surface area contributed by atoms with Crippen molar-refractivity contribution in [2.75, 3.05) is 17.7 Å². The number of benzene rings is 2. The number of anilines is 2. The lowest BCUT2D eigenvalue weighted by molar-refractivity contribution is -0.384. The van der Waals surface area contributed by atoms with Crippen LogP contribution in [-0.2, 0) is 6.54 Å². The molecule has 0 amide bonds. The van der Waals surface area contributed by atoms with Gasteiger partial charge in [0.25, 0.3) is 5.69 Å². The maximum Gasteiger partial charge on any atom is 0.273 e. The molecule has 0 saturated carbocycles. The van der Waals surface area contributed by atoms with E-state index < -0.39 is 10.7 Å². The number of nitrogens with zero attached hydrogens (tertiary/aromatic N) is 3. The largest absolute Gasteiger partial charge is 0.494 e. The molecule has 0 unspecified atom stereocenters. The minimum atomic E-state index is -0.515. The van der Waals surface area contributed by atoms with Crippen molar-refractivity contribution in [2.24, 2.45) is 0 Å². The molecule has 0 aliphatic carbocycles. The molecule has 150 valence electrons. The lowest BCUT2D eigenvalue weighted by Crippen LogP contribution is -2.19. The summed E-state index contributed by atoms with van der Waals surface area (Å²) in [7, 11) is 1.40. The minimum absolute atomic E-state index is 0.0978. The number of nitrogens with one attached hydrogen (secondary N) is 2. The highest BCUT2D eigenvalue weighted by molar-refractivity contribution is 7.80. The van der Waals surface area contributed by atoms with Crippen molar-refractivity contribution < 1.29 is 14.1 Å². The molecule has 0 saturated heterocycles. The van der Waals surface area contributed by atoms with Crippen molar-refractivity contribution >= 4 is 46.0 Å². The van der Waals surface area contributed by atoms with Gasteiger partial charge in [-0.25, -0.2) is 4.39 Å². The molecular weight excluding hydrogens is 421 g/mol. The normalized spacial score (nSPS) is 10.4. The number of aromatic nitrogens is 2. The topological polar surface area (TPSA) is 94.2 Å². The van der Waals surface area contributed by atoms with Crippen LogP contribution >= 0.6 is 23.8 Å². The number of ether oxygens (including phenoxy) is 1. The Morgan fingerprint density at radius 3 is 2.86 bits per heavy atom. The number of rotatable bonds is 6. The third kappa shape index (κ3) is 4.98. The van der Waals surface area contributed by atoms with Crippen molar-refractivity contribution in [3.8, 4) is 5.75 Å². The summed E-state index contributed by atoms with van der Waals surface area (Å²) in [4.78, 5) is 10.4. The number of non-ortho nitro benzene ring substituents is 1. The van der Waals surface area contributed by atoms with Crippen LogP contribution in [0.3, 0.4) is 0 Å². The molecule has 8 nitrogen and oxygen atoms in total. The molecule has 11 heteroatoms. The highest BCUT2D eigenvalue weighted by Crippen LogP contribution is 2.29. The Bertz CT molecular complexity index is 1060. The lowest BCUT2D eigenvalue weighted by Gasteiger charge is -2.12. The van der Waals surface area contributed by atoms with E-state index in [-0.39, 0.29) is 23.1 Å². The second-order valence-electron chi connectivity index (χ2n) is 5.85. The Kier molecular flexibility index (Phi) is 6.25. The zero-order valence-corrected chi connectivity index (χ0v) is 16.6. The van der Waals surface area contributed by atoms with Gasteiger partial charge in [-0.15, -0.1) is 0 Å². The van der Waals surface area contributed by atoms with Crippen LogP contribution in [0, 0.1) is 15.9 Å². The summed E-state index contributed by atoms with van der Waals surface area (Å²) < 4.78 is 20.6. The van der Waals surface area contributed by atoms with E-state index in [0.717, 1.165) is 0 Å². The number of nitro groups is 1. The highest BCUT2D eigenvalue weighted by atomic mass is 35.5. The maximum absolute atomic E-state index is 13.9. The van der Waals surface area contributed by atoms with Crippen molar-refractivity contribution in [1.29, 1.82) is 0 Å². The maximum atomic E-state index is 13.9. The van der Waals surface area contributed by atoms with E-state index >= 15 is 0 Å². The van der Waals surface area contributed by atoms with Crippen LogP contribution in [0.5, 0.6) is 5.75 Å². The third-order valence-corrected chi connectivity index (χ3v) is 4.48. The van der Waals surface area contributed by atoms with E-state index in [4.69, 9.17) is 28.6 Å². The van der Waals surface area contributed by atoms with E-state index in [9.17, 15) is 14.5 Å². The monoisotopic (exact) mass is 435 g/mol. The average Bonchev–Trinajstić information content (AvgIpc) is 3.11. The molecule has 1 heterocycles. The Hall–Kier alpha value is -3.24. The number of hydrogen-bond acceptors (Lipinski definition) is 5. The summed E-state index contributed by atoms with van der Waals surface area (Å²) in [5.74, 6) is -0.141. The zero-order valence-electron chi connectivity index (χ0n) is 15.1. The summed E-state index contributed by atoms with van der Waals surface area (Å²) in [5.41, 5.74) is 1.26. The van der Waals surface area contributed by atoms with Gasteiger partial charge in [0.15, 0.2) is 5.11 Å². The lowest BCUT2D eigenvalue weighted by atomic mass is 10.2. The number of hydrogen-bond donors (Lipinski definition) is 2. The quantitative estimate of drug-likeness (QED) is 0.335. The molecule has 0 atom stereocenters. The van der Waals surface area contributed by atoms with Crippen LogP contribution in [0.2, 0.25) is 5.02 Å².